The number of aromatic nitrogens is 3. The molecule has 1 aromatic carbocycles. The van der Waals surface area contributed by atoms with Crippen molar-refractivity contribution in [2.45, 2.75) is 19.1 Å². The summed E-state index contributed by atoms with van der Waals surface area (Å²) in [5.74, 6) is 0.505. The van der Waals surface area contributed by atoms with Crippen LogP contribution in [0.3, 0.4) is 0 Å². The highest BCUT2D eigenvalue weighted by Gasteiger charge is 2.36. The van der Waals surface area contributed by atoms with Gasteiger partial charge in [-0.25, -0.2) is 9.67 Å². The van der Waals surface area contributed by atoms with E-state index in [1.54, 1.807) is 18.2 Å². The normalized spacial score (nSPS) is 22.4. The lowest BCUT2D eigenvalue weighted by Crippen LogP contribution is -2.37. The van der Waals surface area contributed by atoms with Crippen molar-refractivity contribution in [3.63, 3.8) is 0 Å². The second-order valence-corrected chi connectivity index (χ2v) is 4.58. The van der Waals surface area contributed by atoms with E-state index in [4.69, 9.17) is 16.3 Å². The van der Waals surface area contributed by atoms with Crippen LogP contribution in [0, 0.1) is 0 Å². The highest BCUT2D eigenvalue weighted by atomic mass is 35.5. The van der Waals surface area contributed by atoms with Crippen molar-refractivity contribution >= 4 is 17.4 Å². The predicted molar refractivity (Wildman–Crippen MR) is 64.9 cm³/mol. The van der Waals surface area contributed by atoms with Crippen LogP contribution in [0.15, 0.2) is 30.9 Å². The van der Waals surface area contributed by atoms with Crippen molar-refractivity contribution in [3.8, 4) is 5.75 Å². The minimum Gasteiger partial charge on any atom is -0.487 e. The van der Waals surface area contributed by atoms with Crippen molar-refractivity contribution in [1.29, 1.82) is 0 Å². The predicted octanol–water partition coefficient (Wildman–Crippen LogP) is 2.14. The van der Waals surface area contributed by atoms with Crippen molar-refractivity contribution < 1.29 is 9.53 Å². The molecule has 0 fully saturated rings. The molecule has 0 saturated heterocycles. The van der Waals surface area contributed by atoms with E-state index in [0.29, 0.717) is 16.3 Å². The van der Waals surface area contributed by atoms with Crippen molar-refractivity contribution in [2.75, 3.05) is 0 Å². The molecule has 1 aliphatic heterocycles. The molecule has 6 heteroatoms. The van der Waals surface area contributed by atoms with E-state index in [1.807, 2.05) is 6.92 Å². The van der Waals surface area contributed by atoms with E-state index in [1.165, 1.54) is 17.3 Å². The summed E-state index contributed by atoms with van der Waals surface area (Å²) in [5.41, 5.74) is 0.487. The molecular weight excluding hydrogens is 254 g/mol. The van der Waals surface area contributed by atoms with Crippen LogP contribution >= 0.6 is 11.6 Å². The lowest BCUT2D eigenvalue weighted by molar-refractivity contribution is 0.0697. The molecule has 1 aliphatic rings. The van der Waals surface area contributed by atoms with E-state index in [9.17, 15) is 4.79 Å². The van der Waals surface area contributed by atoms with Gasteiger partial charge in [0, 0.05) is 5.02 Å². The number of carbonyl (C=O) groups excluding carboxylic acids is 1. The Kier molecular flexibility index (Phi) is 2.56. The third-order valence-electron chi connectivity index (χ3n) is 2.95. The molecule has 18 heavy (non-hydrogen) atoms. The molecule has 2 aromatic rings. The summed E-state index contributed by atoms with van der Waals surface area (Å²) in [7, 11) is 0. The molecule has 1 aromatic heterocycles. The first-order chi connectivity index (χ1) is 8.66. The zero-order valence-electron chi connectivity index (χ0n) is 9.58. The van der Waals surface area contributed by atoms with Crippen LogP contribution in [-0.2, 0) is 0 Å². The van der Waals surface area contributed by atoms with Crippen molar-refractivity contribution in [1.82, 2.24) is 14.8 Å². The monoisotopic (exact) mass is 263 g/mol. The van der Waals surface area contributed by atoms with Gasteiger partial charge in [0.05, 0.1) is 5.56 Å². The van der Waals surface area contributed by atoms with E-state index in [2.05, 4.69) is 10.1 Å². The Morgan fingerprint density at radius 3 is 3.00 bits per heavy atom. The quantitative estimate of drug-likeness (QED) is 0.791. The highest BCUT2D eigenvalue weighted by Crippen LogP contribution is 2.34. The van der Waals surface area contributed by atoms with Crippen LogP contribution in [0.5, 0.6) is 5.75 Å². The molecule has 92 valence electrons. The smallest absolute Gasteiger partial charge is 0.195 e. The molecule has 0 N–H and O–H groups in total. The number of fused-ring (bicyclic) bond motifs is 1. The van der Waals surface area contributed by atoms with Crippen molar-refractivity contribution in [2.24, 2.45) is 0 Å². The number of ketones is 1. The highest BCUT2D eigenvalue weighted by molar-refractivity contribution is 6.31. The number of nitrogens with zero attached hydrogens (tertiary/aromatic N) is 3. The van der Waals surface area contributed by atoms with E-state index in [-0.39, 0.29) is 11.9 Å². The molecule has 3 rings (SSSR count). The fourth-order valence-electron chi connectivity index (χ4n) is 2.13. The van der Waals surface area contributed by atoms with Gasteiger partial charge in [0.15, 0.2) is 11.8 Å². The Morgan fingerprint density at radius 1 is 1.44 bits per heavy atom. The van der Waals surface area contributed by atoms with Gasteiger partial charge in [0.2, 0.25) is 0 Å². The van der Waals surface area contributed by atoms with Crippen LogP contribution in [-0.4, -0.2) is 26.7 Å². The molecule has 0 saturated carbocycles. The number of rotatable bonds is 1. The van der Waals surface area contributed by atoms with Crippen LogP contribution in [0.25, 0.3) is 0 Å². The third kappa shape index (κ3) is 1.67. The van der Waals surface area contributed by atoms with Gasteiger partial charge in [-0.15, -0.1) is 0 Å². The molecule has 5 nitrogen and oxygen atoms in total. The van der Waals surface area contributed by atoms with Gasteiger partial charge in [0.1, 0.15) is 24.5 Å². The maximum absolute atomic E-state index is 12.5. The van der Waals surface area contributed by atoms with Crippen molar-refractivity contribution in [3.05, 3.63) is 41.4 Å². The molecular formula is C12H10ClN3O2. The number of Topliss-reactive ketones (excluding diaryl/α,β-unsaturated/α-hetero) is 1. The van der Waals surface area contributed by atoms with Crippen LogP contribution in [0.4, 0.5) is 0 Å². The number of benzene rings is 1. The summed E-state index contributed by atoms with van der Waals surface area (Å²) < 4.78 is 7.24. The van der Waals surface area contributed by atoms with E-state index >= 15 is 0 Å². The average molecular weight is 264 g/mol. The lowest BCUT2D eigenvalue weighted by atomic mass is 9.96. The summed E-state index contributed by atoms with van der Waals surface area (Å²) in [6.07, 6.45) is 2.61. The molecule has 0 unspecified atom stereocenters. The SMILES string of the molecule is C[C@@H]1Oc2ccc(Cl)cc2C(=O)[C@@H]1n1cncn1. The molecule has 2 heterocycles. The summed E-state index contributed by atoms with van der Waals surface area (Å²) in [6.45, 7) is 1.84. The topological polar surface area (TPSA) is 57.0 Å². The molecule has 0 radical (unpaired) electrons. The van der Waals surface area contributed by atoms with Gasteiger partial charge < -0.3 is 4.74 Å². The van der Waals surface area contributed by atoms with Gasteiger partial charge in [0.25, 0.3) is 0 Å². The van der Waals surface area contributed by atoms with Crippen LogP contribution in [0.1, 0.15) is 23.3 Å². The molecule has 0 spiro atoms. The number of carbonyl (C=O) groups is 1. The second-order valence-electron chi connectivity index (χ2n) is 4.15. The molecule has 0 amide bonds. The van der Waals surface area contributed by atoms with E-state index < -0.39 is 6.04 Å². The summed E-state index contributed by atoms with van der Waals surface area (Å²) >= 11 is 5.91. The molecule has 2 atom stereocenters. The number of hydrogen-bond donors (Lipinski definition) is 0. The van der Waals surface area contributed by atoms with Gasteiger partial charge >= 0.3 is 0 Å². The van der Waals surface area contributed by atoms with E-state index in [0.717, 1.165) is 0 Å². The minimum atomic E-state index is -0.501. The standard InChI is InChI=1S/C12H10ClN3O2/c1-7-11(16-6-14-5-15-16)12(17)9-4-8(13)2-3-10(9)18-7/h2-7,11H,1H3/t7-,11+/m0/s1. The lowest BCUT2D eigenvalue weighted by Gasteiger charge is -2.30. The van der Waals surface area contributed by atoms with Crippen LogP contribution in [0.2, 0.25) is 5.02 Å². The number of ether oxygens (including phenoxy) is 1. The van der Waals surface area contributed by atoms with Crippen LogP contribution < -0.4 is 4.74 Å². The Hall–Kier alpha value is -1.88. The summed E-state index contributed by atoms with van der Waals surface area (Å²) in [5, 5.41) is 4.52. The largest absolute Gasteiger partial charge is 0.487 e. The van der Waals surface area contributed by atoms with Gasteiger partial charge in [-0.05, 0) is 25.1 Å². The van der Waals surface area contributed by atoms with Gasteiger partial charge in [-0.1, -0.05) is 11.6 Å². The Bertz CT molecular complexity index is 597. The Morgan fingerprint density at radius 2 is 2.28 bits per heavy atom. The third-order valence-corrected chi connectivity index (χ3v) is 3.19. The second kappa shape index (κ2) is 4.10. The first-order valence-corrected chi connectivity index (χ1v) is 5.89. The maximum atomic E-state index is 12.5. The molecule has 0 bridgehead atoms. The van der Waals surface area contributed by atoms with Gasteiger partial charge in [-0.2, -0.15) is 5.10 Å². The van der Waals surface area contributed by atoms with Gasteiger partial charge in [-0.3, -0.25) is 4.79 Å². The maximum Gasteiger partial charge on any atom is 0.195 e. The minimum absolute atomic E-state index is 0.0586. The summed E-state index contributed by atoms with van der Waals surface area (Å²) in [6, 6.07) is 4.54. The first kappa shape index (κ1) is 11.2. The first-order valence-electron chi connectivity index (χ1n) is 5.51. The Balaban J connectivity index is 2.08. The number of halogens is 1. The fraction of sp³-hybridized carbons (Fsp3) is 0.250. The zero-order valence-corrected chi connectivity index (χ0v) is 10.3. The fourth-order valence-corrected chi connectivity index (χ4v) is 2.30. The molecule has 0 aliphatic carbocycles. The summed E-state index contributed by atoms with van der Waals surface area (Å²) in [4.78, 5) is 16.3. The zero-order chi connectivity index (χ0) is 12.7. The number of hydrogen-bond acceptors (Lipinski definition) is 4. The average Bonchev–Trinajstić information content (AvgIpc) is 2.84. The Labute approximate surface area is 108 Å².